The lowest BCUT2D eigenvalue weighted by molar-refractivity contribution is -0.885. The Balaban J connectivity index is 1.51. The average molecular weight is 413 g/mol. The van der Waals surface area contributed by atoms with Crippen LogP contribution in [0.3, 0.4) is 0 Å². The number of rotatable bonds is 9. The van der Waals surface area contributed by atoms with E-state index in [-0.39, 0.29) is 5.91 Å². The molecule has 0 fully saturated rings. The van der Waals surface area contributed by atoms with Crippen molar-refractivity contribution in [3.8, 4) is 22.8 Å². The molecule has 1 heterocycles. The van der Waals surface area contributed by atoms with Gasteiger partial charge in [0, 0.05) is 16.5 Å². The highest BCUT2D eigenvalue weighted by Gasteiger charge is 2.13. The van der Waals surface area contributed by atoms with E-state index in [1.807, 2.05) is 67.9 Å². The molecular weight excluding hydrogens is 386 g/mol. The molecule has 0 saturated heterocycles. The molecule has 1 atom stereocenters. The molecule has 29 heavy (non-hydrogen) atoms. The largest absolute Gasteiger partial charge is 0.497 e. The van der Waals surface area contributed by atoms with E-state index in [9.17, 15) is 4.79 Å². The molecule has 152 valence electrons. The van der Waals surface area contributed by atoms with Crippen molar-refractivity contribution in [1.82, 2.24) is 4.98 Å². The number of hydrogen-bond acceptors (Lipinski definition) is 5. The molecule has 0 bridgehead atoms. The van der Waals surface area contributed by atoms with Gasteiger partial charge in [-0.2, -0.15) is 0 Å². The maximum atomic E-state index is 12.4. The highest BCUT2D eigenvalue weighted by Crippen LogP contribution is 2.26. The summed E-state index contributed by atoms with van der Waals surface area (Å²) in [4.78, 5) is 18.0. The molecule has 0 saturated carbocycles. The first-order valence-corrected chi connectivity index (χ1v) is 10.4. The van der Waals surface area contributed by atoms with Crippen molar-refractivity contribution in [3.63, 3.8) is 0 Å². The van der Waals surface area contributed by atoms with Crippen molar-refractivity contribution in [2.24, 2.45) is 0 Å². The number of thiazole rings is 1. The van der Waals surface area contributed by atoms with Gasteiger partial charge in [0.15, 0.2) is 11.7 Å². The number of nitrogens with one attached hydrogen (secondary N) is 2. The molecule has 0 aliphatic carbocycles. The second-order valence-electron chi connectivity index (χ2n) is 6.70. The zero-order valence-corrected chi connectivity index (χ0v) is 17.7. The first kappa shape index (κ1) is 20.8. The van der Waals surface area contributed by atoms with E-state index in [1.54, 1.807) is 7.11 Å². The van der Waals surface area contributed by atoms with Crippen molar-refractivity contribution in [2.75, 3.05) is 32.6 Å². The van der Waals surface area contributed by atoms with Crippen molar-refractivity contribution in [1.29, 1.82) is 0 Å². The van der Waals surface area contributed by atoms with Crippen LogP contribution in [0.15, 0.2) is 53.9 Å². The lowest BCUT2D eigenvalue weighted by Gasteiger charge is -2.13. The number of benzene rings is 2. The predicted molar refractivity (Wildman–Crippen MR) is 116 cm³/mol. The van der Waals surface area contributed by atoms with Crippen LogP contribution in [0, 0.1) is 0 Å². The van der Waals surface area contributed by atoms with Crippen LogP contribution < -0.4 is 19.7 Å². The van der Waals surface area contributed by atoms with Gasteiger partial charge in [-0.15, -0.1) is 11.3 Å². The van der Waals surface area contributed by atoms with Crippen LogP contribution >= 0.6 is 11.3 Å². The molecule has 1 amide bonds. The van der Waals surface area contributed by atoms with Gasteiger partial charge in [-0.25, -0.2) is 4.98 Å². The van der Waals surface area contributed by atoms with Gasteiger partial charge in [0.2, 0.25) is 0 Å². The topological polar surface area (TPSA) is 64.9 Å². The van der Waals surface area contributed by atoms with E-state index >= 15 is 0 Å². The number of carbonyl (C=O) groups excluding carboxylic acids is 1. The number of quaternary nitrogens is 1. The summed E-state index contributed by atoms with van der Waals surface area (Å²) >= 11 is 1.42. The molecule has 1 aromatic heterocycles. The third kappa shape index (κ3) is 6.04. The van der Waals surface area contributed by atoms with Crippen LogP contribution in [0.4, 0.5) is 5.13 Å². The number of carbonyl (C=O) groups is 1. The molecule has 2 aromatic carbocycles. The Labute approximate surface area is 175 Å². The maximum Gasteiger partial charge on any atom is 0.281 e. The second-order valence-corrected chi connectivity index (χ2v) is 7.56. The smallest absolute Gasteiger partial charge is 0.281 e. The van der Waals surface area contributed by atoms with Crippen LogP contribution in [0.5, 0.6) is 11.5 Å². The van der Waals surface area contributed by atoms with Gasteiger partial charge in [0.1, 0.15) is 18.0 Å². The molecule has 0 aliphatic heterocycles. The minimum absolute atomic E-state index is 0.0518. The van der Waals surface area contributed by atoms with Gasteiger partial charge in [0.05, 0.1) is 26.5 Å². The lowest BCUT2D eigenvalue weighted by Crippen LogP contribution is -3.08. The standard InChI is InChI=1S/C22H25N3O3S/c1-4-28-19-9-5-16(6-10-19)13-25(2)14-21(26)24-22-23-20(15-29-22)17-7-11-18(27-3)12-8-17/h5-12,15H,4,13-14H2,1-3H3,(H,23,24,26)/p+1. The second kappa shape index (κ2) is 10.0. The molecule has 6 nitrogen and oxygen atoms in total. The molecule has 0 aliphatic rings. The first-order chi connectivity index (χ1) is 14.1. The summed E-state index contributed by atoms with van der Waals surface area (Å²) in [6.07, 6.45) is 0. The molecule has 1 unspecified atom stereocenters. The van der Waals surface area contributed by atoms with Crippen molar-refractivity contribution in [3.05, 3.63) is 59.5 Å². The summed E-state index contributed by atoms with van der Waals surface area (Å²) < 4.78 is 10.6. The molecular formula is C22H26N3O3S+. The minimum Gasteiger partial charge on any atom is -0.497 e. The predicted octanol–water partition coefficient (Wildman–Crippen LogP) is 2.87. The van der Waals surface area contributed by atoms with E-state index in [2.05, 4.69) is 10.3 Å². The Kier molecular flexibility index (Phi) is 7.21. The van der Waals surface area contributed by atoms with Crippen molar-refractivity contribution < 1.29 is 19.2 Å². The number of aromatic nitrogens is 1. The van der Waals surface area contributed by atoms with Gasteiger partial charge in [0.25, 0.3) is 5.91 Å². The fourth-order valence-corrected chi connectivity index (χ4v) is 3.68. The molecule has 3 rings (SSSR count). The minimum atomic E-state index is -0.0518. The third-order valence-electron chi connectivity index (χ3n) is 4.34. The SMILES string of the molecule is CCOc1ccc(C[NH+](C)CC(=O)Nc2nc(-c3ccc(OC)cc3)cs2)cc1. The summed E-state index contributed by atoms with van der Waals surface area (Å²) in [5.41, 5.74) is 2.98. The Morgan fingerprint density at radius 3 is 2.45 bits per heavy atom. The third-order valence-corrected chi connectivity index (χ3v) is 5.10. The number of amides is 1. The number of methoxy groups -OCH3 is 1. The van der Waals surface area contributed by atoms with Gasteiger partial charge in [-0.05, 0) is 55.5 Å². The first-order valence-electron chi connectivity index (χ1n) is 9.50. The Morgan fingerprint density at radius 1 is 1.10 bits per heavy atom. The number of ether oxygens (including phenoxy) is 2. The lowest BCUT2D eigenvalue weighted by atomic mass is 10.2. The van der Waals surface area contributed by atoms with Crippen LogP contribution in [-0.4, -0.2) is 38.2 Å². The van der Waals surface area contributed by atoms with Gasteiger partial charge in [-0.1, -0.05) is 0 Å². The maximum absolute atomic E-state index is 12.4. The van der Waals surface area contributed by atoms with Gasteiger partial charge < -0.3 is 14.4 Å². The Bertz CT molecular complexity index is 923. The quantitative estimate of drug-likeness (QED) is 0.567. The summed E-state index contributed by atoms with van der Waals surface area (Å²) in [6.45, 7) is 3.74. The van der Waals surface area contributed by atoms with E-state index in [4.69, 9.17) is 9.47 Å². The fraction of sp³-hybridized carbons (Fsp3) is 0.273. The molecule has 0 spiro atoms. The monoisotopic (exact) mass is 412 g/mol. The van der Waals surface area contributed by atoms with Crippen molar-refractivity contribution >= 4 is 22.4 Å². The molecule has 2 N–H and O–H groups in total. The highest BCUT2D eigenvalue weighted by molar-refractivity contribution is 7.14. The average Bonchev–Trinajstić information content (AvgIpc) is 3.18. The number of hydrogen-bond donors (Lipinski definition) is 2. The molecule has 3 aromatic rings. The van der Waals surface area contributed by atoms with E-state index < -0.39 is 0 Å². The summed E-state index contributed by atoms with van der Waals surface area (Å²) in [7, 11) is 3.64. The summed E-state index contributed by atoms with van der Waals surface area (Å²) in [6, 6.07) is 15.7. The Morgan fingerprint density at radius 2 is 1.79 bits per heavy atom. The normalized spacial score (nSPS) is 11.7. The van der Waals surface area contributed by atoms with E-state index in [1.165, 1.54) is 11.3 Å². The number of likely N-dealkylation sites (N-methyl/N-ethyl adjacent to an activating group) is 1. The van der Waals surface area contributed by atoms with E-state index in [0.717, 1.165) is 39.8 Å². The molecule has 7 heteroatoms. The van der Waals surface area contributed by atoms with E-state index in [0.29, 0.717) is 18.3 Å². The zero-order chi connectivity index (χ0) is 20.6. The number of anilines is 1. The molecule has 0 radical (unpaired) electrons. The van der Waals surface area contributed by atoms with Crippen LogP contribution in [0.2, 0.25) is 0 Å². The van der Waals surface area contributed by atoms with Crippen LogP contribution in [-0.2, 0) is 11.3 Å². The highest BCUT2D eigenvalue weighted by atomic mass is 32.1. The van der Waals surface area contributed by atoms with Crippen LogP contribution in [0.25, 0.3) is 11.3 Å². The summed E-state index contributed by atoms with van der Waals surface area (Å²) in [5, 5.41) is 5.44. The Hall–Kier alpha value is -2.90. The van der Waals surface area contributed by atoms with Gasteiger partial charge >= 0.3 is 0 Å². The van der Waals surface area contributed by atoms with Crippen LogP contribution in [0.1, 0.15) is 12.5 Å². The summed E-state index contributed by atoms with van der Waals surface area (Å²) in [5.74, 6) is 1.61. The van der Waals surface area contributed by atoms with Crippen molar-refractivity contribution in [2.45, 2.75) is 13.5 Å². The number of nitrogens with zero attached hydrogens (tertiary/aromatic N) is 1. The van der Waals surface area contributed by atoms with Gasteiger partial charge in [-0.3, -0.25) is 10.1 Å². The zero-order valence-electron chi connectivity index (χ0n) is 16.9. The fourth-order valence-electron chi connectivity index (χ4n) is 2.94.